The second-order valence-electron chi connectivity index (χ2n) is 6.18. The lowest BCUT2D eigenvalue weighted by atomic mass is 10.1. The van der Waals surface area contributed by atoms with E-state index in [0.717, 1.165) is 0 Å². The molecule has 0 saturated heterocycles. The number of aryl methyl sites for hydroxylation is 1. The molecule has 124 valence electrons. The van der Waals surface area contributed by atoms with Gasteiger partial charge in [0.1, 0.15) is 11.5 Å². The highest BCUT2D eigenvalue weighted by Gasteiger charge is 2.22. The molecule has 1 atom stereocenters. The number of hydrogen-bond donors (Lipinski definition) is 1. The van der Waals surface area contributed by atoms with E-state index in [1.54, 1.807) is 27.7 Å². The van der Waals surface area contributed by atoms with Gasteiger partial charge in [0.05, 0.1) is 12.6 Å². The van der Waals surface area contributed by atoms with E-state index in [9.17, 15) is 14.3 Å². The third-order valence-corrected chi connectivity index (χ3v) is 3.68. The summed E-state index contributed by atoms with van der Waals surface area (Å²) in [5.41, 5.74) is 1.18. The predicted molar refractivity (Wildman–Crippen MR) is 87.5 cm³/mol. The Labute approximate surface area is 136 Å². The third kappa shape index (κ3) is 4.42. The van der Waals surface area contributed by atoms with Crippen LogP contribution in [0, 0.1) is 11.7 Å². The maximum Gasteiger partial charge on any atom is 0.270 e. The Bertz CT molecular complexity index is 649. The zero-order valence-corrected chi connectivity index (χ0v) is 13.7. The Morgan fingerprint density at radius 3 is 2.39 bits per heavy atom. The van der Waals surface area contributed by atoms with E-state index in [1.165, 1.54) is 12.1 Å². The van der Waals surface area contributed by atoms with Crippen LogP contribution in [0.1, 0.15) is 36.0 Å². The number of aliphatic hydroxyl groups excluding tert-OH is 1. The minimum absolute atomic E-state index is 0.118. The monoisotopic (exact) mass is 318 g/mol. The summed E-state index contributed by atoms with van der Waals surface area (Å²) in [6.45, 7) is 4.77. The number of halogens is 1. The first kappa shape index (κ1) is 17.2. The minimum atomic E-state index is -0.849. The summed E-state index contributed by atoms with van der Waals surface area (Å²) >= 11 is 0. The number of amides is 1. The van der Waals surface area contributed by atoms with Crippen LogP contribution in [-0.4, -0.2) is 33.6 Å². The normalized spacial score (nSPS) is 12.4. The Hall–Kier alpha value is -2.14. The van der Waals surface area contributed by atoms with Gasteiger partial charge in [0, 0.05) is 19.8 Å². The van der Waals surface area contributed by atoms with Crippen molar-refractivity contribution in [2.45, 2.75) is 20.0 Å². The Kier molecular flexibility index (Phi) is 5.55. The molecule has 0 radical (unpaired) electrons. The molecule has 0 saturated carbocycles. The lowest BCUT2D eigenvalue weighted by molar-refractivity contribution is 0.0585. The van der Waals surface area contributed by atoms with E-state index in [0.29, 0.717) is 17.8 Å². The first-order valence-corrected chi connectivity index (χ1v) is 7.72. The molecule has 1 heterocycles. The van der Waals surface area contributed by atoms with Crippen molar-refractivity contribution in [2.75, 3.05) is 13.1 Å². The first-order chi connectivity index (χ1) is 10.9. The van der Waals surface area contributed by atoms with Crippen molar-refractivity contribution >= 4 is 5.91 Å². The summed E-state index contributed by atoms with van der Waals surface area (Å²) in [5, 5.41) is 10.4. The SMILES string of the molecule is CC(C)CN(CC(O)c1ccc(F)cc1)C(=O)c1cccn1C. The Balaban J connectivity index is 2.16. The van der Waals surface area contributed by atoms with Crippen molar-refractivity contribution in [1.29, 1.82) is 0 Å². The van der Waals surface area contributed by atoms with Gasteiger partial charge >= 0.3 is 0 Å². The molecule has 1 aromatic carbocycles. The van der Waals surface area contributed by atoms with E-state index < -0.39 is 6.10 Å². The molecule has 23 heavy (non-hydrogen) atoms. The molecular formula is C18H23FN2O2. The van der Waals surface area contributed by atoms with Gasteiger partial charge in [0.15, 0.2) is 0 Å². The molecule has 0 fully saturated rings. The van der Waals surface area contributed by atoms with E-state index >= 15 is 0 Å². The Morgan fingerprint density at radius 2 is 1.87 bits per heavy atom. The van der Waals surface area contributed by atoms with Gasteiger partial charge in [-0.3, -0.25) is 4.79 Å². The fourth-order valence-electron chi connectivity index (χ4n) is 2.53. The van der Waals surface area contributed by atoms with Gasteiger partial charge in [0.25, 0.3) is 5.91 Å². The van der Waals surface area contributed by atoms with E-state index in [-0.39, 0.29) is 24.2 Å². The number of hydrogen-bond acceptors (Lipinski definition) is 2. The maximum atomic E-state index is 13.0. The average Bonchev–Trinajstić information content (AvgIpc) is 2.92. The number of aromatic nitrogens is 1. The number of nitrogens with zero attached hydrogens (tertiary/aromatic N) is 2. The number of benzene rings is 1. The van der Waals surface area contributed by atoms with Crippen molar-refractivity contribution in [3.8, 4) is 0 Å². The van der Waals surface area contributed by atoms with Crippen LogP contribution in [0.3, 0.4) is 0 Å². The second-order valence-corrected chi connectivity index (χ2v) is 6.18. The smallest absolute Gasteiger partial charge is 0.270 e. The molecule has 1 amide bonds. The van der Waals surface area contributed by atoms with Gasteiger partial charge in [-0.25, -0.2) is 4.39 Å². The number of carbonyl (C=O) groups is 1. The minimum Gasteiger partial charge on any atom is -0.387 e. The maximum absolute atomic E-state index is 13.0. The lowest BCUT2D eigenvalue weighted by Crippen LogP contribution is -2.38. The van der Waals surface area contributed by atoms with E-state index in [4.69, 9.17) is 0 Å². The van der Waals surface area contributed by atoms with Crippen molar-refractivity contribution in [1.82, 2.24) is 9.47 Å². The van der Waals surface area contributed by atoms with Crippen molar-refractivity contribution in [3.05, 3.63) is 59.7 Å². The summed E-state index contributed by atoms with van der Waals surface area (Å²) in [4.78, 5) is 14.4. The number of carbonyl (C=O) groups excluding carboxylic acids is 1. The molecule has 0 aliphatic heterocycles. The molecule has 0 aliphatic carbocycles. The molecule has 0 spiro atoms. The molecule has 2 rings (SSSR count). The quantitative estimate of drug-likeness (QED) is 0.890. The zero-order valence-electron chi connectivity index (χ0n) is 13.7. The number of aliphatic hydroxyl groups is 1. The molecule has 1 N–H and O–H groups in total. The van der Waals surface area contributed by atoms with Crippen molar-refractivity contribution < 1.29 is 14.3 Å². The van der Waals surface area contributed by atoms with Gasteiger partial charge < -0.3 is 14.6 Å². The topological polar surface area (TPSA) is 45.5 Å². The molecular weight excluding hydrogens is 295 g/mol. The van der Waals surface area contributed by atoms with Crippen molar-refractivity contribution in [3.63, 3.8) is 0 Å². The van der Waals surface area contributed by atoms with Crippen LogP contribution in [0.4, 0.5) is 4.39 Å². The highest BCUT2D eigenvalue weighted by atomic mass is 19.1. The van der Waals surface area contributed by atoms with Crippen LogP contribution in [0.2, 0.25) is 0 Å². The van der Waals surface area contributed by atoms with Gasteiger partial charge in [-0.05, 0) is 35.7 Å². The standard InChI is InChI=1S/C18H23FN2O2/c1-13(2)11-21(18(23)16-5-4-10-20(16)3)12-17(22)14-6-8-15(19)9-7-14/h4-10,13,17,22H,11-12H2,1-3H3. The molecule has 4 nitrogen and oxygen atoms in total. The summed E-state index contributed by atoms with van der Waals surface area (Å²) in [6, 6.07) is 9.28. The average molecular weight is 318 g/mol. The molecule has 2 aromatic rings. The Morgan fingerprint density at radius 1 is 1.22 bits per heavy atom. The fourth-order valence-corrected chi connectivity index (χ4v) is 2.53. The van der Waals surface area contributed by atoms with E-state index in [2.05, 4.69) is 0 Å². The predicted octanol–water partition coefficient (Wildman–Crippen LogP) is 3.00. The summed E-state index contributed by atoms with van der Waals surface area (Å²) < 4.78 is 14.8. The van der Waals surface area contributed by atoms with Crippen LogP contribution in [0.5, 0.6) is 0 Å². The molecule has 5 heteroatoms. The van der Waals surface area contributed by atoms with Gasteiger partial charge in [-0.2, -0.15) is 0 Å². The molecule has 0 bridgehead atoms. The lowest BCUT2D eigenvalue weighted by Gasteiger charge is -2.27. The first-order valence-electron chi connectivity index (χ1n) is 7.72. The zero-order chi connectivity index (χ0) is 17.0. The highest BCUT2D eigenvalue weighted by molar-refractivity contribution is 5.92. The van der Waals surface area contributed by atoms with Gasteiger partial charge in [-0.1, -0.05) is 26.0 Å². The van der Waals surface area contributed by atoms with Crippen LogP contribution in [-0.2, 0) is 7.05 Å². The summed E-state index contributed by atoms with van der Waals surface area (Å²) in [7, 11) is 1.82. The largest absolute Gasteiger partial charge is 0.387 e. The molecule has 0 aliphatic rings. The second kappa shape index (κ2) is 7.42. The molecule has 1 aromatic heterocycles. The van der Waals surface area contributed by atoms with Gasteiger partial charge in [0.2, 0.25) is 0 Å². The van der Waals surface area contributed by atoms with Crippen LogP contribution in [0.25, 0.3) is 0 Å². The summed E-state index contributed by atoms with van der Waals surface area (Å²) in [5.74, 6) is -0.188. The van der Waals surface area contributed by atoms with Crippen LogP contribution < -0.4 is 0 Å². The van der Waals surface area contributed by atoms with Gasteiger partial charge in [-0.15, -0.1) is 0 Å². The summed E-state index contributed by atoms with van der Waals surface area (Å²) in [6.07, 6.45) is 0.968. The third-order valence-electron chi connectivity index (χ3n) is 3.68. The van der Waals surface area contributed by atoms with Crippen molar-refractivity contribution in [2.24, 2.45) is 13.0 Å². The van der Waals surface area contributed by atoms with Crippen LogP contribution in [0.15, 0.2) is 42.6 Å². The van der Waals surface area contributed by atoms with E-state index in [1.807, 2.05) is 33.2 Å². The number of rotatable bonds is 6. The van der Waals surface area contributed by atoms with Crippen LogP contribution >= 0.6 is 0 Å². The fraction of sp³-hybridized carbons (Fsp3) is 0.389. The highest BCUT2D eigenvalue weighted by Crippen LogP contribution is 2.17. The molecule has 1 unspecified atom stereocenters.